The Balaban J connectivity index is 2.17. The van der Waals surface area contributed by atoms with Crippen LogP contribution < -0.4 is 15.4 Å². The molecule has 2 N–H and O–H groups in total. The Kier molecular flexibility index (Phi) is 5.80. The Labute approximate surface area is 147 Å². The van der Waals surface area contributed by atoms with Gasteiger partial charge in [0.1, 0.15) is 17.4 Å². The molecule has 1 amide bonds. The summed E-state index contributed by atoms with van der Waals surface area (Å²) >= 11 is 0. The topological polar surface area (TPSA) is 74.1 Å². The normalized spacial score (nSPS) is 10.8. The molecule has 0 aliphatic rings. The van der Waals surface area contributed by atoms with Gasteiger partial charge in [-0.2, -0.15) is 5.26 Å². The quantitative estimate of drug-likeness (QED) is 0.638. The van der Waals surface area contributed by atoms with Crippen molar-refractivity contribution < 1.29 is 9.53 Å². The van der Waals surface area contributed by atoms with Gasteiger partial charge < -0.3 is 15.4 Å². The number of carbonyl (C=O) groups is 1. The van der Waals surface area contributed by atoms with Crippen molar-refractivity contribution in [3.63, 3.8) is 0 Å². The number of nitriles is 1. The van der Waals surface area contributed by atoms with Gasteiger partial charge in [-0.25, -0.2) is 0 Å². The molecule has 128 valence electrons. The highest BCUT2D eigenvalue weighted by Gasteiger charge is 2.12. The number of hydrogen-bond acceptors (Lipinski definition) is 4. The van der Waals surface area contributed by atoms with E-state index in [9.17, 15) is 10.1 Å². The first kappa shape index (κ1) is 18.1. The molecule has 2 aromatic carbocycles. The summed E-state index contributed by atoms with van der Waals surface area (Å²) in [6, 6.07) is 13.2. The average Bonchev–Trinajstić information content (AvgIpc) is 2.58. The number of aryl methyl sites for hydroxylation is 3. The fraction of sp³-hybridized carbons (Fsp3) is 0.200. The molecule has 2 rings (SSSR count). The van der Waals surface area contributed by atoms with Crippen molar-refractivity contribution in [2.24, 2.45) is 0 Å². The lowest BCUT2D eigenvalue weighted by Gasteiger charge is -2.11. The van der Waals surface area contributed by atoms with Crippen LogP contribution in [0.1, 0.15) is 16.7 Å². The summed E-state index contributed by atoms with van der Waals surface area (Å²) in [7, 11) is 1.53. The standard InChI is InChI=1S/C20H21N3O2/c1-13-5-8-19(25-4)18(9-13)23-20(24)16(11-21)12-22-17-7-6-14(2)15(3)10-17/h5-10,12,22H,1-4H3,(H,23,24)/b16-12-. The van der Waals surface area contributed by atoms with Crippen LogP contribution in [0.5, 0.6) is 5.75 Å². The third-order valence-corrected chi connectivity index (χ3v) is 3.86. The highest BCUT2D eigenvalue weighted by molar-refractivity contribution is 6.07. The third-order valence-electron chi connectivity index (χ3n) is 3.86. The summed E-state index contributed by atoms with van der Waals surface area (Å²) in [4.78, 5) is 12.4. The van der Waals surface area contributed by atoms with E-state index in [2.05, 4.69) is 10.6 Å². The first-order valence-electron chi connectivity index (χ1n) is 7.84. The van der Waals surface area contributed by atoms with Crippen molar-refractivity contribution in [2.75, 3.05) is 17.7 Å². The number of amides is 1. The number of benzene rings is 2. The molecule has 0 unspecified atom stereocenters. The van der Waals surface area contributed by atoms with Gasteiger partial charge in [0.05, 0.1) is 12.8 Å². The Morgan fingerprint density at radius 2 is 1.88 bits per heavy atom. The SMILES string of the molecule is COc1ccc(C)cc1NC(=O)/C(C#N)=C\Nc1ccc(C)c(C)c1. The van der Waals surface area contributed by atoms with E-state index in [1.807, 2.05) is 51.1 Å². The molecular weight excluding hydrogens is 314 g/mol. The highest BCUT2D eigenvalue weighted by Crippen LogP contribution is 2.25. The minimum absolute atomic E-state index is 0.0261. The van der Waals surface area contributed by atoms with Gasteiger partial charge in [-0.05, 0) is 61.7 Å². The van der Waals surface area contributed by atoms with Gasteiger partial charge in [-0.1, -0.05) is 12.1 Å². The van der Waals surface area contributed by atoms with Gasteiger partial charge in [0.15, 0.2) is 0 Å². The predicted molar refractivity (Wildman–Crippen MR) is 99.6 cm³/mol. The van der Waals surface area contributed by atoms with Crippen molar-refractivity contribution in [3.8, 4) is 11.8 Å². The van der Waals surface area contributed by atoms with E-state index in [1.165, 1.54) is 18.9 Å². The van der Waals surface area contributed by atoms with Crippen LogP contribution in [0.4, 0.5) is 11.4 Å². The van der Waals surface area contributed by atoms with Crippen LogP contribution in [0.3, 0.4) is 0 Å². The van der Waals surface area contributed by atoms with Crippen LogP contribution in [0.15, 0.2) is 48.2 Å². The smallest absolute Gasteiger partial charge is 0.267 e. The van der Waals surface area contributed by atoms with E-state index in [0.29, 0.717) is 11.4 Å². The van der Waals surface area contributed by atoms with Crippen molar-refractivity contribution >= 4 is 17.3 Å². The molecule has 0 aliphatic carbocycles. The van der Waals surface area contributed by atoms with Gasteiger partial charge in [0.2, 0.25) is 0 Å². The predicted octanol–water partition coefficient (Wildman–Crippen LogP) is 4.08. The molecule has 0 spiro atoms. The molecule has 0 aromatic heterocycles. The Bertz CT molecular complexity index is 864. The molecule has 0 aliphatic heterocycles. The summed E-state index contributed by atoms with van der Waals surface area (Å²) in [5.41, 5.74) is 4.61. The number of nitrogens with zero attached hydrogens (tertiary/aromatic N) is 1. The van der Waals surface area contributed by atoms with Gasteiger partial charge in [0, 0.05) is 11.9 Å². The Morgan fingerprint density at radius 3 is 2.52 bits per heavy atom. The summed E-state index contributed by atoms with van der Waals surface area (Å²) in [5, 5.41) is 15.0. The molecule has 25 heavy (non-hydrogen) atoms. The van der Waals surface area contributed by atoms with Crippen LogP contribution in [-0.2, 0) is 4.79 Å². The number of hydrogen-bond donors (Lipinski definition) is 2. The molecule has 0 radical (unpaired) electrons. The van der Waals surface area contributed by atoms with E-state index in [1.54, 1.807) is 12.1 Å². The summed E-state index contributed by atoms with van der Waals surface area (Å²) in [5.74, 6) is 0.0427. The molecular formula is C20H21N3O2. The lowest BCUT2D eigenvalue weighted by atomic mass is 10.1. The van der Waals surface area contributed by atoms with Crippen molar-refractivity contribution in [1.82, 2.24) is 0 Å². The van der Waals surface area contributed by atoms with E-state index in [-0.39, 0.29) is 5.57 Å². The second-order valence-corrected chi connectivity index (χ2v) is 5.77. The minimum Gasteiger partial charge on any atom is -0.495 e. The fourth-order valence-electron chi connectivity index (χ4n) is 2.24. The molecule has 0 bridgehead atoms. The Morgan fingerprint density at radius 1 is 1.12 bits per heavy atom. The van der Waals surface area contributed by atoms with E-state index < -0.39 is 5.91 Å². The van der Waals surface area contributed by atoms with Crippen LogP contribution in [-0.4, -0.2) is 13.0 Å². The van der Waals surface area contributed by atoms with E-state index >= 15 is 0 Å². The monoisotopic (exact) mass is 335 g/mol. The summed E-state index contributed by atoms with van der Waals surface area (Å²) in [6.45, 7) is 5.95. The zero-order chi connectivity index (χ0) is 18.4. The molecule has 0 saturated carbocycles. The lowest BCUT2D eigenvalue weighted by Crippen LogP contribution is -2.15. The lowest BCUT2D eigenvalue weighted by molar-refractivity contribution is -0.112. The number of ether oxygens (including phenoxy) is 1. The molecule has 0 atom stereocenters. The van der Waals surface area contributed by atoms with Gasteiger partial charge in [-0.15, -0.1) is 0 Å². The number of nitrogens with one attached hydrogen (secondary N) is 2. The van der Waals surface area contributed by atoms with Crippen molar-refractivity contribution in [3.05, 3.63) is 64.9 Å². The second kappa shape index (κ2) is 8.02. The van der Waals surface area contributed by atoms with Crippen LogP contribution in [0, 0.1) is 32.1 Å². The number of anilines is 2. The number of carbonyl (C=O) groups excluding carboxylic acids is 1. The van der Waals surface area contributed by atoms with E-state index in [0.717, 1.165) is 16.8 Å². The van der Waals surface area contributed by atoms with Crippen LogP contribution in [0.2, 0.25) is 0 Å². The van der Waals surface area contributed by atoms with Crippen molar-refractivity contribution in [2.45, 2.75) is 20.8 Å². The molecule has 5 heteroatoms. The van der Waals surface area contributed by atoms with Gasteiger partial charge in [-0.3, -0.25) is 4.79 Å². The van der Waals surface area contributed by atoms with Crippen molar-refractivity contribution in [1.29, 1.82) is 5.26 Å². The van der Waals surface area contributed by atoms with E-state index in [4.69, 9.17) is 4.74 Å². The third kappa shape index (κ3) is 4.61. The number of rotatable bonds is 5. The number of methoxy groups -OCH3 is 1. The average molecular weight is 335 g/mol. The Hall–Kier alpha value is -3.26. The molecule has 2 aromatic rings. The van der Waals surface area contributed by atoms with Gasteiger partial charge in [0.25, 0.3) is 5.91 Å². The molecule has 0 heterocycles. The zero-order valence-electron chi connectivity index (χ0n) is 14.8. The maximum atomic E-state index is 12.4. The minimum atomic E-state index is -0.497. The second-order valence-electron chi connectivity index (χ2n) is 5.77. The maximum Gasteiger partial charge on any atom is 0.267 e. The zero-order valence-corrected chi connectivity index (χ0v) is 14.8. The van der Waals surface area contributed by atoms with Crippen LogP contribution in [0.25, 0.3) is 0 Å². The summed E-state index contributed by atoms with van der Waals surface area (Å²) < 4.78 is 5.24. The fourth-order valence-corrected chi connectivity index (χ4v) is 2.24. The molecule has 5 nitrogen and oxygen atoms in total. The summed E-state index contributed by atoms with van der Waals surface area (Å²) in [6.07, 6.45) is 1.40. The maximum absolute atomic E-state index is 12.4. The largest absolute Gasteiger partial charge is 0.495 e. The van der Waals surface area contributed by atoms with Crippen LogP contribution >= 0.6 is 0 Å². The molecule has 0 fully saturated rings. The van der Waals surface area contributed by atoms with Gasteiger partial charge >= 0.3 is 0 Å². The first-order chi connectivity index (χ1) is 11.9. The first-order valence-corrected chi connectivity index (χ1v) is 7.84. The highest BCUT2D eigenvalue weighted by atomic mass is 16.5. The molecule has 0 saturated heterocycles.